The number of hydrogen-bond acceptors (Lipinski definition) is 3. The minimum Gasteiger partial charge on any atom is -0.478 e. The van der Waals surface area contributed by atoms with Crippen molar-refractivity contribution >= 4 is 23.1 Å². The van der Waals surface area contributed by atoms with Gasteiger partial charge in [0.05, 0.1) is 10.4 Å². The van der Waals surface area contributed by atoms with Crippen LogP contribution in [0.1, 0.15) is 31.2 Å². The molecule has 24 heavy (non-hydrogen) atoms. The van der Waals surface area contributed by atoms with Gasteiger partial charge in [-0.1, -0.05) is 42.0 Å². The molecule has 0 aliphatic heterocycles. The fourth-order valence-corrected chi connectivity index (χ4v) is 3.37. The molecular weight excluding hydrogens is 320 g/mol. The van der Waals surface area contributed by atoms with Gasteiger partial charge in [0.25, 0.3) is 0 Å². The lowest BCUT2D eigenvalue weighted by atomic mass is 10.1. The highest BCUT2D eigenvalue weighted by atomic mass is 32.1. The van der Waals surface area contributed by atoms with Gasteiger partial charge in [0.15, 0.2) is 5.78 Å². The maximum atomic E-state index is 12.4. The molecule has 0 spiro atoms. The second kappa shape index (κ2) is 6.81. The summed E-state index contributed by atoms with van der Waals surface area (Å²) in [5.74, 6) is -0.881. The van der Waals surface area contributed by atoms with Crippen molar-refractivity contribution in [2.75, 3.05) is 0 Å². The number of hydrogen-bond donors (Lipinski definition) is 1. The summed E-state index contributed by atoms with van der Waals surface area (Å²) < 4.78 is 0. The molecule has 0 saturated heterocycles. The summed E-state index contributed by atoms with van der Waals surface area (Å²) in [6, 6.07) is 18.4. The average molecular weight is 336 g/mol. The molecule has 0 bridgehead atoms. The van der Waals surface area contributed by atoms with Gasteiger partial charge >= 0.3 is 5.97 Å². The molecule has 0 amide bonds. The van der Waals surface area contributed by atoms with E-state index in [2.05, 4.69) is 0 Å². The molecule has 3 aromatic rings. The fraction of sp³-hybridized carbons (Fsp3) is 0.100. The first-order chi connectivity index (χ1) is 11.5. The van der Waals surface area contributed by atoms with Crippen molar-refractivity contribution in [2.24, 2.45) is 0 Å². The first kappa shape index (κ1) is 16.1. The van der Waals surface area contributed by atoms with E-state index in [4.69, 9.17) is 5.11 Å². The summed E-state index contributed by atoms with van der Waals surface area (Å²) in [6.45, 7) is 2.02. The molecule has 0 atom stereocenters. The maximum absolute atomic E-state index is 12.4. The molecular formula is C20H16O3S. The summed E-state index contributed by atoms with van der Waals surface area (Å²) in [6.07, 6.45) is 0.370. The topological polar surface area (TPSA) is 54.4 Å². The normalized spacial score (nSPS) is 10.5. The lowest BCUT2D eigenvalue weighted by molar-refractivity contribution is 0.0696. The van der Waals surface area contributed by atoms with Crippen molar-refractivity contribution in [3.8, 4) is 10.4 Å². The predicted molar refractivity (Wildman–Crippen MR) is 95.9 cm³/mol. The molecule has 0 unspecified atom stereocenters. The molecule has 3 nitrogen and oxygen atoms in total. The standard InChI is InChI=1S/C20H16O3S/c1-13-5-7-14(8-6-13)11-17(21)19-10-9-18(24-19)15-3-2-4-16(12-15)20(22)23/h2-10,12H,11H2,1H3,(H,22,23). The van der Waals surface area contributed by atoms with Gasteiger partial charge in [0.1, 0.15) is 0 Å². The van der Waals surface area contributed by atoms with E-state index in [1.807, 2.05) is 49.4 Å². The Labute approximate surface area is 144 Å². The van der Waals surface area contributed by atoms with Gasteiger partial charge in [-0.25, -0.2) is 4.79 Å². The molecule has 0 aliphatic rings. The summed E-state index contributed by atoms with van der Waals surface area (Å²) >= 11 is 1.39. The lowest BCUT2D eigenvalue weighted by Gasteiger charge is -2.01. The van der Waals surface area contributed by atoms with E-state index in [1.54, 1.807) is 18.2 Å². The number of carbonyl (C=O) groups excluding carboxylic acids is 1. The van der Waals surface area contributed by atoms with Crippen LogP contribution in [0.15, 0.2) is 60.7 Å². The molecule has 1 N–H and O–H groups in total. The van der Waals surface area contributed by atoms with E-state index in [9.17, 15) is 9.59 Å². The van der Waals surface area contributed by atoms with Gasteiger partial charge in [-0.2, -0.15) is 0 Å². The van der Waals surface area contributed by atoms with Gasteiger partial charge in [-0.3, -0.25) is 4.79 Å². The van der Waals surface area contributed by atoms with Gasteiger partial charge in [-0.15, -0.1) is 11.3 Å². The molecule has 0 saturated carbocycles. The molecule has 120 valence electrons. The Morgan fingerprint density at radius 2 is 1.75 bits per heavy atom. The van der Waals surface area contributed by atoms with Crippen LogP contribution >= 0.6 is 11.3 Å². The number of aryl methyl sites for hydroxylation is 1. The smallest absolute Gasteiger partial charge is 0.335 e. The van der Waals surface area contributed by atoms with E-state index < -0.39 is 5.97 Å². The molecule has 0 radical (unpaired) electrons. The number of carbonyl (C=O) groups is 2. The highest BCUT2D eigenvalue weighted by molar-refractivity contribution is 7.17. The third-order valence-electron chi connectivity index (χ3n) is 3.76. The predicted octanol–water partition coefficient (Wildman–Crippen LogP) is 4.85. The summed E-state index contributed by atoms with van der Waals surface area (Å²) in [4.78, 5) is 25.1. The molecule has 0 aliphatic carbocycles. The first-order valence-corrected chi connectivity index (χ1v) is 8.37. The molecule has 1 heterocycles. The van der Waals surface area contributed by atoms with E-state index in [-0.39, 0.29) is 11.3 Å². The Balaban J connectivity index is 1.80. The summed E-state index contributed by atoms with van der Waals surface area (Å²) in [5.41, 5.74) is 3.22. The Hall–Kier alpha value is -2.72. The van der Waals surface area contributed by atoms with Crippen molar-refractivity contribution in [1.82, 2.24) is 0 Å². The summed E-state index contributed by atoms with van der Waals surface area (Å²) in [5, 5.41) is 9.08. The van der Waals surface area contributed by atoms with Crippen molar-refractivity contribution in [2.45, 2.75) is 13.3 Å². The number of thiophene rings is 1. The highest BCUT2D eigenvalue weighted by Gasteiger charge is 2.12. The first-order valence-electron chi connectivity index (χ1n) is 7.55. The van der Waals surface area contributed by atoms with Crippen LogP contribution in [0.3, 0.4) is 0 Å². The number of rotatable bonds is 5. The van der Waals surface area contributed by atoms with Gasteiger partial charge < -0.3 is 5.11 Å². The zero-order valence-corrected chi connectivity index (χ0v) is 14.0. The van der Waals surface area contributed by atoms with E-state index >= 15 is 0 Å². The van der Waals surface area contributed by atoms with Crippen molar-refractivity contribution < 1.29 is 14.7 Å². The zero-order chi connectivity index (χ0) is 17.1. The van der Waals surface area contributed by atoms with E-state index in [1.165, 1.54) is 16.9 Å². The number of carboxylic acids is 1. The van der Waals surface area contributed by atoms with Crippen LogP contribution in [0, 0.1) is 6.92 Å². The monoisotopic (exact) mass is 336 g/mol. The molecule has 4 heteroatoms. The van der Waals surface area contributed by atoms with E-state index in [0.29, 0.717) is 11.3 Å². The van der Waals surface area contributed by atoms with Crippen LogP contribution in [-0.4, -0.2) is 16.9 Å². The SMILES string of the molecule is Cc1ccc(CC(=O)c2ccc(-c3cccc(C(=O)O)c3)s2)cc1. The van der Waals surface area contributed by atoms with E-state index in [0.717, 1.165) is 16.0 Å². The third-order valence-corrected chi connectivity index (χ3v) is 4.94. The second-order valence-electron chi connectivity index (χ2n) is 5.64. The van der Waals surface area contributed by atoms with Crippen LogP contribution < -0.4 is 0 Å². The van der Waals surface area contributed by atoms with Crippen molar-refractivity contribution in [3.63, 3.8) is 0 Å². The second-order valence-corrected chi connectivity index (χ2v) is 6.72. The molecule has 0 fully saturated rings. The minimum absolute atomic E-state index is 0.0736. The average Bonchev–Trinajstić information content (AvgIpc) is 3.07. The number of aromatic carboxylic acids is 1. The Kier molecular flexibility index (Phi) is 4.58. The van der Waals surface area contributed by atoms with Gasteiger partial charge in [0, 0.05) is 11.3 Å². The fourth-order valence-electron chi connectivity index (χ4n) is 2.43. The zero-order valence-electron chi connectivity index (χ0n) is 13.2. The maximum Gasteiger partial charge on any atom is 0.335 e. The third kappa shape index (κ3) is 3.60. The number of Topliss-reactive ketones (excluding diaryl/α,β-unsaturated/α-hetero) is 1. The van der Waals surface area contributed by atoms with Crippen molar-refractivity contribution in [3.05, 3.63) is 82.2 Å². The number of benzene rings is 2. The quantitative estimate of drug-likeness (QED) is 0.678. The largest absolute Gasteiger partial charge is 0.478 e. The van der Waals surface area contributed by atoms with Gasteiger partial charge in [0.2, 0.25) is 0 Å². The Morgan fingerprint density at radius 3 is 2.46 bits per heavy atom. The molecule has 1 aromatic heterocycles. The number of carboxylic acid groups (broad SMARTS) is 1. The number of ketones is 1. The summed E-state index contributed by atoms with van der Waals surface area (Å²) in [7, 11) is 0. The van der Waals surface area contributed by atoms with Crippen LogP contribution in [0.4, 0.5) is 0 Å². The minimum atomic E-state index is -0.955. The van der Waals surface area contributed by atoms with Crippen LogP contribution in [0.5, 0.6) is 0 Å². The Morgan fingerprint density at radius 1 is 1.00 bits per heavy atom. The van der Waals surface area contributed by atoms with Gasteiger partial charge in [-0.05, 0) is 42.3 Å². The van der Waals surface area contributed by atoms with Crippen molar-refractivity contribution in [1.29, 1.82) is 0 Å². The van der Waals surface area contributed by atoms with Crippen LogP contribution in [0.2, 0.25) is 0 Å². The molecule has 3 rings (SSSR count). The Bertz CT molecular complexity index is 891. The van der Waals surface area contributed by atoms with Crippen LogP contribution in [0.25, 0.3) is 10.4 Å². The lowest BCUT2D eigenvalue weighted by Crippen LogP contribution is -2.00. The highest BCUT2D eigenvalue weighted by Crippen LogP contribution is 2.29. The molecule has 2 aromatic carbocycles. The van der Waals surface area contributed by atoms with Crippen LogP contribution in [-0.2, 0) is 6.42 Å².